The first-order valence-corrected chi connectivity index (χ1v) is 6.24. The smallest absolute Gasteiger partial charge is 0.313 e. The number of hydrogen-bond acceptors (Lipinski definition) is 4. The molecular weight excluding hydrogens is 242 g/mol. The fourth-order valence-corrected chi connectivity index (χ4v) is 2.58. The van der Waals surface area contributed by atoms with E-state index in [4.69, 9.17) is 9.47 Å². The highest BCUT2D eigenvalue weighted by Crippen LogP contribution is 2.41. The van der Waals surface area contributed by atoms with Crippen LogP contribution in [0.1, 0.15) is 25.5 Å². The predicted octanol–water partition coefficient (Wildman–Crippen LogP) is 2.50. The molecule has 0 aliphatic carbocycles. The molecule has 1 rings (SSSR count). The van der Waals surface area contributed by atoms with Gasteiger partial charge < -0.3 is 14.4 Å². The molecule has 0 aliphatic heterocycles. The molecular formula is C15H23NO3. The highest BCUT2D eigenvalue weighted by atomic mass is 16.5. The van der Waals surface area contributed by atoms with E-state index in [9.17, 15) is 4.79 Å². The van der Waals surface area contributed by atoms with Crippen LogP contribution in [0.4, 0.5) is 0 Å². The van der Waals surface area contributed by atoms with Gasteiger partial charge in [0.25, 0.3) is 0 Å². The Hall–Kier alpha value is -1.55. The van der Waals surface area contributed by atoms with Gasteiger partial charge in [0, 0.05) is 5.56 Å². The van der Waals surface area contributed by atoms with Gasteiger partial charge in [-0.15, -0.1) is 0 Å². The van der Waals surface area contributed by atoms with Crippen molar-refractivity contribution in [3.05, 3.63) is 29.8 Å². The van der Waals surface area contributed by atoms with Gasteiger partial charge in [-0.3, -0.25) is 4.79 Å². The average Bonchev–Trinajstić information content (AvgIpc) is 2.37. The fourth-order valence-electron chi connectivity index (χ4n) is 2.58. The van der Waals surface area contributed by atoms with Crippen molar-refractivity contribution in [1.82, 2.24) is 4.90 Å². The van der Waals surface area contributed by atoms with Gasteiger partial charge >= 0.3 is 5.97 Å². The standard InChI is InChI=1S/C15H23NO3/c1-15(2,14(17)19-6)13(16(3)4)11-9-7-8-10-12(11)18-5/h7-10,13H,1-6H3. The number of para-hydroxylation sites is 1. The zero-order chi connectivity index (χ0) is 14.6. The van der Waals surface area contributed by atoms with Crippen LogP contribution in [0.2, 0.25) is 0 Å². The van der Waals surface area contributed by atoms with Crippen molar-refractivity contribution < 1.29 is 14.3 Å². The van der Waals surface area contributed by atoms with Crippen LogP contribution in [-0.2, 0) is 9.53 Å². The third-order valence-corrected chi connectivity index (χ3v) is 3.34. The van der Waals surface area contributed by atoms with E-state index >= 15 is 0 Å². The maximum atomic E-state index is 12.1. The van der Waals surface area contributed by atoms with Crippen molar-refractivity contribution in [2.75, 3.05) is 28.3 Å². The summed E-state index contributed by atoms with van der Waals surface area (Å²) in [6.45, 7) is 3.77. The lowest BCUT2D eigenvalue weighted by Gasteiger charge is -2.37. The quantitative estimate of drug-likeness (QED) is 0.767. The summed E-state index contributed by atoms with van der Waals surface area (Å²) in [7, 11) is 6.94. The van der Waals surface area contributed by atoms with Gasteiger partial charge in [-0.05, 0) is 34.0 Å². The van der Waals surface area contributed by atoms with E-state index in [0.29, 0.717) is 0 Å². The molecule has 0 fully saturated rings. The molecule has 4 heteroatoms. The Morgan fingerprint density at radius 3 is 2.26 bits per heavy atom. The van der Waals surface area contributed by atoms with Gasteiger partial charge in [-0.1, -0.05) is 18.2 Å². The molecule has 1 aromatic carbocycles. The second kappa shape index (κ2) is 6.06. The maximum absolute atomic E-state index is 12.1. The number of esters is 1. The molecule has 0 heterocycles. The van der Waals surface area contributed by atoms with E-state index in [-0.39, 0.29) is 12.0 Å². The Balaban J connectivity index is 3.32. The topological polar surface area (TPSA) is 38.8 Å². The molecule has 106 valence electrons. The highest BCUT2D eigenvalue weighted by Gasteiger charge is 2.41. The Morgan fingerprint density at radius 2 is 1.79 bits per heavy atom. The predicted molar refractivity (Wildman–Crippen MR) is 75.2 cm³/mol. The average molecular weight is 265 g/mol. The van der Waals surface area contributed by atoms with E-state index in [1.807, 2.05) is 57.1 Å². The minimum atomic E-state index is -0.674. The molecule has 0 saturated heterocycles. The summed E-state index contributed by atoms with van der Waals surface area (Å²) in [4.78, 5) is 14.1. The van der Waals surface area contributed by atoms with Crippen LogP contribution in [0.15, 0.2) is 24.3 Å². The van der Waals surface area contributed by atoms with E-state index in [0.717, 1.165) is 11.3 Å². The number of methoxy groups -OCH3 is 2. The number of nitrogens with zero attached hydrogens (tertiary/aromatic N) is 1. The summed E-state index contributed by atoms with van der Waals surface area (Å²) in [6, 6.07) is 7.62. The molecule has 19 heavy (non-hydrogen) atoms. The van der Waals surface area contributed by atoms with E-state index in [1.54, 1.807) is 7.11 Å². The summed E-state index contributed by atoms with van der Waals surface area (Å²) in [5.41, 5.74) is 0.303. The van der Waals surface area contributed by atoms with Crippen LogP contribution >= 0.6 is 0 Å². The van der Waals surface area contributed by atoms with Crippen LogP contribution in [-0.4, -0.2) is 39.2 Å². The van der Waals surface area contributed by atoms with E-state index < -0.39 is 5.41 Å². The second-order valence-corrected chi connectivity index (χ2v) is 5.32. The monoisotopic (exact) mass is 265 g/mol. The number of rotatable bonds is 5. The molecule has 1 atom stereocenters. The molecule has 0 N–H and O–H groups in total. The first-order valence-electron chi connectivity index (χ1n) is 6.24. The van der Waals surface area contributed by atoms with Gasteiger partial charge in [0.2, 0.25) is 0 Å². The molecule has 1 unspecified atom stereocenters. The summed E-state index contributed by atoms with van der Waals surface area (Å²) >= 11 is 0. The normalized spacial score (nSPS) is 13.2. The first kappa shape index (κ1) is 15.5. The van der Waals surface area contributed by atoms with Crippen molar-refractivity contribution in [3.63, 3.8) is 0 Å². The van der Waals surface area contributed by atoms with Crippen LogP contribution in [0.25, 0.3) is 0 Å². The lowest BCUT2D eigenvalue weighted by atomic mass is 9.79. The first-order chi connectivity index (χ1) is 8.86. The number of ether oxygens (including phenoxy) is 2. The van der Waals surface area contributed by atoms with Crippen LogP contribution < -0.4 is 4.74 Å². The largest absolute Gasteiger partial charge is 0.496 e. The van der Waals surface area contributed by atoms with Gasteiger partial charge in [0.05, 0.1) is 25.7 Å². The molecule has 0 saturated carbocycles. The van der Waals surface area contributed by atoms with Crippen LogP contribution in [0.3, 0.4) is 0 Å². The third kappa shape index (κ3) is 3.07. The van der Waals surface area contributed by atoms with Crippen molar-refractivity contribution >= 4 is 5.97 Å². The molecule has 0 bridgehead atoms. The third-order valence-electron chi connectivity index (χ3n) is 3.34. The molecule has 0 amide bonds. The van der Waals surface area contributed by atoms with Crippen LogP contribution in [0, 0.1) is 5.41 Å². The number of hydrogen-bond donors (Lipinski definition) is 0. The Kier molecular flexibility index (Phi) is 4.95. The van der Waals surface area contributed by atoms with Gasteiger partial charge in [-0.25, -0.2) is 0 Å². The molecule has 1 aromatic rings. The molecule has 0 radical (unpaired) electrons. The lowest BCUT2D eigenvalue weighted by Crippen LogP contribution is -2.40. The van der Waals surface area contributed by atoms with Crippen molar-refractivity contribution in [1.29, 1.82) is 0 Å². The lowest BCUT2D eigenvalue weighted by molar-refractivity contribution is -0.154. The number of carbonyl (C=O) groups is 1. The van der Waals surface area contributed by atoms with Crippen molar-refractivity contribution in [3.8, 4) is 5.75 Å². The van der Waals surface area contributed by atoms with Crippen molar-refractivity contribution in [2.24, 2.45) is 5.41 Å². The zero-order valence-corrected chi connectivity index (χ0v) is 12.6. The van der Waals surface area contributed by atoms with Gasteiger partial charge in [0.15, 0.2) is 0 Å². The molecule has 0 aromatic heterocycles. The van der Waals surface area contributed by atoms with E-state index in [2.05, 4.69) is 0 Å². The Bertz CT molecular complexity index is 441. The number of carbonyl (C=O) groups excluding carboxylic acids is 1. The Morgan fingerprint density at radius 1 is 1.21 bits per heavy atom. The van der Waals surface area contributed by atoms with Gasteiger partial charge in [0.1, 0.15) is 5.75 Å². The second-order valence-electron chi connectivity index (χ2n) is 5.32. The zero-order valence-electron chi connectivity index (χ0n) is 12.6. The molecule has 0 aliphatic rings. The number of benzene rings is 1. The molecule has 4 nitrogen and oxygen atoms in total. The van der Waals surface area contributed by atoms with Gasteiger partial charge in [-0.2, -0.15) is 0 Å². The molecule has 0 spiro atoms. The maximum Gasteiger partial charge on any atom is 0.313 e. The minimum Gasteiger partial charge on any atom is -0.496 e. The summed E-state index contributed by atoms with van der Waals surface area (Å²) in [6.07, 6.45) is 0. The van der Waals surface area contributed by atoms with Crippen LogP contribution in [0.5, 0.6) is 5.75 Å². The van der Waals surface area contributed by atoms with Crippen molar-refractivity contribution in [2.45, 2.75) is 19.9 Å². The Labute approximate surface area is 115 Å². The minimum absolute atomic E-state index is 0.129. The van der Waals surface area contributed by atoms with E-state index in [1.165, 1.54) is 7.11 Å². The summed E-state index contributed by atoms with van der Waals surface area (Å²) in [5.74, 6) is 0.537. The highest BCUT2D eigenvalue weighted by molar-refractivity contribution is 5.77. The SMILES string of the molecule is COC(=O)C(C)(C)C(c1ccccc1OC)N(C)C. The summed E-state index contributed by atoms with van der Waals surface area (Å²) < 4.78 is 10.3. The fraction of sp³-hybridized carbons (Fsp3) is 0.533. The summed E-state index contributed by atoms with van der Waals surface area (Å²) in [5, 5.41) is 0.